The first-order valence-electron chi connectivity index (χ1n) is 7.98. The smallest absolute Gasteiger partial charge is 0.251 e. The topological polar surface area (TPSA) is 64.3 Å². The number of halogens is 1. The highest BCUT2D eigenvalue weighted by Gasteiger charge is 2.11. The minimum atomic E-state index is -0.455. The Morgan fingerprint density at radius 2 is 1.92 bits per heavy atom. The number of ether oxygens (including phenoxy) is 1. The molecule has 4 nitrogen and oxygen atoms in total. The summed E-state index contributed by atoms with van der Waals surface area (Å²) in [5, 5.41) is 2.78. The molecule has 0 aliphatic carbocycles. The quantitative estimate of drug-likeness (QED) is 0.819. The highest BCUT2D eigenvalue weighted by Crippen LogP contribution is 2.14. The van der Waals surface area contributed by atoms with Gasteiger partial charge < -0.3 is 15.8 Å². The van der Waals surface area contributed by atoms with Crippen molar-refractivity contribution in [1.82, 2.24) is 5.32 Å². The minimum absolute atomic E-state index is 0.185. The molecule has 0 unspecified atom stereocenters. The van der Waals surface area contributed by atoms with Crippen LogP contribution in [-0.4, -0.2) is 12.5 Å². The van der Waals surface area contributed by atoms with Crippen molar-refractivity contribution in [2.75, 3.05) is 6.61 Å². The van der Waals surface area contributed by atoms with E-state index in [1.807, 2.05) is 24.3 Å². The number of hydrogen-bond acceptors (Lipinski definition) is 3. The maximum absolute atomic E-state index is 13.3. The molecule has 2 aromatic rings. The average Bonchev–Trinajstić information content (AvgIpc) is 2.58. The number of benzene rings is 2. The first-order chi connectivity index (χ1) is 11.5. The van der Waals surface area contributed by atoms with Crippen molar-refractivity contribution in [2.45, 2.75) is 26.9 Å². The van der Waals surface area contributed by atoms with Gasteiger partial charge in [-0.2, -0.15) is 0 Å². The fourth-order valence-corrected chi connectivity index (χ4v) is 2.18. The second-order valence-electron chi connectivity index (χ2n) is 6.04. The number of nitrogens with two attached hydrogens (primary N) is 1. The van der Waals surface area contributed by atoms with Crippen molar-refractivity contribution in [3.63, 3.8) is 0 Å². The van der Waals surface area contributed by atoms with Crippen molar-refractivity contribution < 1.29 is 13.9 Å². The normalized spacial score (nSPS) is 10.7. The molecule has 0 fully saturated rings. The fourth-order valence-electron chi connectivity index (χ4n) is 2.18. The lowest BCUT2D eigenvalue weighted by Gasteiger charge is -2.11. The molecule has 128 valence electrons. The summed E-state index contributed by atoms with van der Waals surface area (Å²) in [4.78, 5) is 12.2. The van der Waals surface area contributed by atoms with Gasteiger partial charge in [-0.3, -0.25) is 4.79 Å². The van der Waals surface area contributed by atoms with Crippen LogP contribution < -0.4 is 15.8 Å². The van der Waals surface area contributed by atoms with Crippen LogP contribution in [0.15, 0.2) is 42.5 Å². The molecule has 2 aromatic carbocycles. The van der Waals surface area contributed by atoms with Crippen LogP contribution in [0.25, 0.3) is 0 Å². The lowest BCUT2D eigenvalue weighted by molar-refractivity contribution is 0.0949. The maximum atomic E-state index is 13.3. The van der Waals surface area contributed by atoms with E-state index < -0.39 is 5.82 Å². The van der Waals surface area contributed by atoms with Gasteiger partial charge in [-0.1, -0.05) is 32.0 Å². The van der Waals surface area contributed by atoms with Crippen LogP contribution in [0.2, 0.25) is 0 Å². The standard InChI is InChI=1S/C19H23FN2O2/c1-13(2)12-24-17-7-3-14(4-8-17)11-22-19(23)18-9-16(20)6-5-15(18)10-21/h3-9,13H,10-12,21H2,1-2H3,(H,22,23). The lowest BCUT2D eigenvalue weighted by Crippen LogP contribution is -2.24. The Bertz CT molecular complexity index is 684. The summed E-state index contributed by atoms with van der Waals surface area (Å²) in [7, 11) is 0. The molecule has 0 aliphatic heterocycles. The van der Waals surface area contributed by atoms with Gasteiger partial charge in [0.2, 0.25) is 0 Å². The van der Waals surface area contributed by atoms with Crippen LogP contribution in [0.1, 0.15) is 35.3 Å². The van der Waals surface area contributed by atoms with Crippen molar-refractivity contribution in [3.05, 3.63) is 65.0 Å². The third kappa shape index (κ3) is 5.06. The van der Waals surface area contributed by atoms with Crippen molar-refractivity contribution in [2.24, 2.45) is 11.7 Å². The molecule has 0 aromatic heterocycles. The Morgan fingerprint density at radius 3 is 2.54 bits per heavy atom. The van der Waals surface area contributed by atoms with E-state index in [-0.39, 0.29) is 18.0 Å². The van der Waals surface area contributed by atoms with E-state index in [2.05, 4.69) is 19.2 Å². The number of rotatable bonds is 7. The van der Waals surface area contributed by atoms with Crippen LogP contribution in [-0.2, 0) is 13.1 Å². The Morgan fingerprint density at radius 1 is 1.21 bits per heavy atom. The Labute approximate surface area is 141 Å². The molecule has 0 atom stereocenters. The zero-order chi connectivity index (χ0) is 17.5. The molecule has 0 saturated carbocycles. The number of nitrogens with one attached hydrogen (secondary N) is 1. The summed E-state index contributed by atoms with van der Waals surface area (Å²) in [6, 6.07) is 11.6. The third-order valence-corrected chi connectivity index (χ3v) is 3.50. The molecule has 0 aliphatic rings. The monoisotopic (exact) mass is 330 g/mol. The van der Waals surface area contributed by atoms with Gasteiger partial charge >= 0.3 is 0 Å². The molecule has 0 bridgehead atoms. The average molecular weight is 330 g/mol. The molecule has 5 heteroatoms. The molecule has 2 rings (SSSR count). The van der Waals surface area contributed by atoms with E-state index >= 15 is 0 Å². The zero-order valence-corrected chi connectivity index (χ0v) is 14.0. The number of hydrogen-bond donors (Lipinski definition) is 2. The second kappa shape index (κ2) is 8.45. The lowest BCUT2D eigenvalue weighted by atomic mass is 10.1. The van der Waals surface area contributed by atoms with Gasteiger partial charge in [-0.05, 0) is 41.3 Å². The number of carbonyl (C=O) groups is 1. The molecule has 1 amide bonds. The molecule has 24 heavy (non-hydrogen) atoms. The predicted octanol–water partition coefficient (Wildman–Crippen LogP) is 3.25. The van der Waals surface area contributed by atoms with Gasteiger partial charge in [0.15, 0.2) is 0 Å². The van der Waals surface area contributed by atoms with Gasteiger partial charge in [0, 0.05) is 18.7 Å². The summed E-state index contributed by atoms with van der Waals surface area (Å²) < 4.78 is 19.0. The van der Waals surface area contributed by atoms with Gasteiger partial charge in [0.25, 0.3) is 5.91 Å². The van der Waals surface area contributed by atoms with Crippen LogP contribution >= 0.6 is 0 Å². The minimum Gasteiger partial charge on any atom is -0.493 e. The summed E-state index contributed by atoms with van der Waals surface area (Å²) in [5.41, 5.74) is 7.42. The molecule has 0 saturated heterocycles. The van der Waals surface area contributed by atoms with Crippen LogP contribution in [0, 0.1) is 11.7 Å². The Balaban J connectivity index is 1.95. The highest BCUT2D eigenvalue weighted by atomic mass is 19.1. The van der Waals surface area contributed by atoms with E-state index in [0.29, 0.717) is 24.6 Å². The summed E-state index contributed by atoms with van der Waals surface area (Å²) in [6.07, 6.45) is 0. The first kappa shape index (κ1) is 17.9. The van der Waals surface area contributed by atoms with Crippen molar-refractivity contribution in [1.29, 1.82) is 0 Å². The summed E-state index contributed by atoms with van der Waals surface area (Å²) in [5.74, 6) is 0.473. The summed E-state index contributed by atoms with van der Waals surface area (Å²) >= 11 is 0. The van der Waals surface area contributed by atoms with Crippen LogP contribution in [0.5, 0.6) is 5.75 Å². The van der Waals surface area contributed by atoms with E-state index in [0.717, 1.165) is 11.3 Å². The Hall–Kier alpha value is -2.40. The summed E-state index contributed by atoms with van der Waals surface area (Å²) in [6.45, 7) is 5.38. The van der Waals surface area contributed by atoms with Gasteiger partial charge in [0.1, 0.15) is 11.6 Å². The Kier molecular flexibility index (Phi) is 6.32. The zero-order valence-electron chi connectivity index (χ0n) is 14.0. The maximum Gasteiger partial charge on any atom is 0.251 e. The highest BCUT2D eigenvalue weighted by molar-refractivity contribution is 5.95. The second-order valence-corrected chi connectivity index (χ2v) is 6.04. The van der Waals surface area contributed by atoms with Crippen molar-refractivity contribution >= 4 is 5.91 Å². The predicted molar refractivity (Wildman–Crippen MR) is 92.2 cm³/mol. The first-order valence-corrected chi connectivity index (χ1v) is 7.98. The van der Waals surface area contributed by atoms with Gasteiger partial charge in [-0.25, -0.2) is 4.39 Å². The molecule has 0 radical (unpaired) electrons. The van der Waals surface area contributed by atoms with E-state index in [4.69, 9.17) is 10.5 Å². The molecular formula is C19H23FN2O2. The van der Waals surface area contributed by atoms with E-state index in [9.17, 15) is 9.18 Å². The number of amides is 1. The van der Waals surface area contributed by atoms with E-state index in [1.165, 1.54) is 18.2 Å². The fraction of sp³-hybridized carbons (Fsp3) is 0.316. The van der Waals surface area contributed by atoms with E-state index in [1.54, 1.807) is 0 Å². The van der Waals surface area contributed by atoms with Crippen LogP contribution in [0.3, 0.4) is 0 Å². The third-order valence-electron chi connectivity index (χ3n) is 3.50. The van der Waals surface area contributed by atoms with Crippen molar-refractivity contribution in [3.8, 4) is 5.75 Å². The molecule has 0 spiro atoms. The van der Waals surface area contributed by atoms with Gasteiger partial charge in [0.05, 0.1) is 6.61 Å². The SMILES string of the molecule is CC(C)COc1ccc(CNC(=O)c2cc(F)ccc2CN)cc1. The van der Waals surface area contributed by atoms with Gasteiger partial charge in [-0.15, -0.1) is 0 Å². The molecule has 0 heterocycles. The molecule has 3 N–H and O–H groups in total. The van der Waals surface area contributed by atoms with Crippen LogP contribution in [0.4, 0.5) is 4.39 Å². The number of carbonyl (C=O) groups excluding carboxylic acids is 1. The largest absolute Gasteiger partial charge is 0.493 e. The molecular weight excluding hydrogens is 307 g/mol.